The Labute approximate surface area is 208 Å². The van der Waals surface area contributed by atoms with Gasteiger partial charge in [0, 0.05) is 31.1 Å². The van der Waals surface area contributed by atoms with Gasteiger partial charge in [0.25, 0.3) is 0 Å². The summed E-state index contributed by atoms with van der Waals surface area (Å²) in [4.78, 5) is 19.3. The molecule has 3 rings (SSSR count). The number of hydrogen-bond donors (Lipinski definition) is 2. The zero-order chi connectivity index (χ0) is 25.1. The number of hydrogen-bond acceptors (Lipinski definition) is 5. The van der Waals surface area contributed by atoms with Crippen LogP contribution in [-0.4, -0.2) is 51.1 Å². The number of rotatable bonds is 11. The normalized spacial score (nSPS) is 27.6. The van der Waals surface area contributed by atoms with Gasteiger partial charge in [-0.25, -0.2) is 9.79 Å². The smallest absolute Gasteiger partial charge is 0.342 e. The molecule has 3 aliphatic heterocycles. The zero-order valence-corrected chi connectivity index (χ0v) is 23.6. The summed E-state index contributed by atoms with van der Waals surface area (Å²) in [5.41, 5.74) is 1.88. The molecule has 0 aromatic carbocycles. The van der Waals surface area contributed by atoms with Crippen molar-refractivity contribution in [3.05, 3.63) is 23.9 Å². The molecule has 3 heterocycles. The number of nitrogens with one attached hydrogen (secondary N) is 2. The molecule has 34 heavy (non-hydrogen) atoms. The molecule has 0 spiro atoms. The average molecular weight is 491 g/mol. The largest absolute Gasteiger partial charge is 0.458 e. The minimum atomic E-state index is -1.72. The molecule has 1 fully saturated rings. The van der Waals surface area contributed by atoms with Gasteiger partial charge in [0.2, 0.25) is 0 Å². The molecule has 0 saturated carbocycles. The Morgan fingerprint density at radius 1 is 1.29 bits per heavy atom. The topological polar surface area (TPSA) is 64.4 Å². The summed E-state index contributed by atoms with van der Waals surface area (Å²) in [6.45, 7) is 19.9. The Hall–Kier alpha value is -1.44. The Balaban J connectivity index is 1.61. The molecule has 0 bridgehead atoms. The Morgan fingerprint density at radius 2 is 2.03 bits per heavy atom. The van der Waals surface area contributed by atoms with Crippen LogP contribution in [-0.2, 0) is 14.0 Å². The van der Waals surface area contributed by atoms with Crippen LogP contribution in [0.5, 0.6) is 0 Å². The van der Waals surface area contributed by atoms with Crippen LogP contribution in [0.3, 0.4) is 0 Å². The van der Waals surface area contributed by atoms with Gasteiger partial charge in [0.15, 0.2) is 8.32 Å². The lowest BCUT2D eigenvalue weighted by atomic mass is 9.96. The molecule has 0 aromatic rings. The molecule has 2 N–H and O–H groups in total. The number of allylic oxidation sites excluding steroid dienone is 1. The number of carbonyl (C=O) groups excluding carboxylic acids is 1. The fourth-order valence-corrected chi connectivity index (χ4v) is 6.95. The summed E-state index contributed by atoms with van der Waals surface area (Å²) in [5.74, 6) is 0.854. The Kier molecular flexibility index (Phi) is 8.85. The van der Waals surface area contributed by atoms with Gasteiger partial charge in [-0.3, -0.25) is 10.2 Å². The highest BCUT2D eigenvalue weighted by Crippen LogP contribution is 2.37. The van der Waals surface area contributed by atoms with E-state index in [0.29, 0.717) is 18.2 Å². The van der Waals surface area contributed by atoms with E-state index in [2.05, 4.69) is 59.6 Å². The van der Waals surface area contributed by atoms with Crippen molar-refractivity contribution < 1.29 is 18.9 Å². The van der Waals surface area contributed by atoms with Crippen LogP contribution < -0.4 is 10.2 Å². The maximum atomic E-state index is 13.1. The van der Waals surface area contributed by atoms with E-state index in [1.54, 1.807) is 6.08 Å². The summed E-state index contributed by atoms with van der Waals surface area (Å²) < 4.78 is 12.0. The van der Waals surface area contributed by atoms with E-state index in [1.807, 2.05) is 0 Å². The zero-order valence-electron chi connectivity index (χ0n) is 22.6. The number of quaternary nitrogens is 1. The number of esters is 1. The van der Waals surface area contributed by atoms with Crippen molar-refractivity contribution in [1.82, 2.24) is 5.32 Å². The molecule has 0 radical (unpaired) electrons. The Morgan fingerprint density at radius 3 is 2.71 bits per heavy atom. The highest BCUT2D eigenvalue weighted by Gasteiger charge is 2.51. The Bertz CT molecular complexity index is 814. The summed E-state index contributed by atoms with van der Waals surface area (Å²) in [7, 11) is -1.72. The molecule has 1 unspecified atom stereocenters. The van der Waals surface area contributed by atoms with E-state index in [-0.39, 0.29) is 23.7 Å². The van der Waals surface area contributed by atoms with Crippen LogP contribution in [0.4, 0.5) is 0 Å². The molecular formula is C27H48N3O3Si+. The maximum absolute atomic E-state index is 13.1. The van der Waals surface area contributed by atoms with E-state index >= 15 is 0 Å². The van der Waals surface area contributed by atoms with E-state index in [9.17, 15) is 4.79 Å². The van der Waals surface area contributed by atoms with Gasteiger partial charge >= 0.3 is 11.9 Å². The third-order valence-electron chi connectivity index (χ3n) is 8.20. The van der Waals surface area contributed by atoms with Crippen LogP contribution in [0.25, 0.3) is 0 Å². The van der Waals surface area contributed by atoms with E-state index in [1.165, 1.54) is 4.90 Å². The quantitative estimate of drug-likeness (QED) is 0.194. The minimum Gasteiger partial charge on any atom is -0.458 e. The van der Waals surface area contributed by atoms with Crippen molar-refractivity contribution in [2.75, 3.05) is 6.61 Å². The van der Waals surface area contributed by atoms with Gasteiger partial charge in [-0.1, -0.05) is 46.3 Å². The van der Waals surface area contributed by atoms with Crippen molar-refractivity contribution in [2.24, 2.45) is 4.99 Å². The van der Waals surface area contributed by atoms with Gasteiger partial charge in [0.1, 0.15) is 18.2 Å². The van der Waals surface area contributed by atoms with Crippen molar-refractivity contribution in [3.8, 4) is 0 Å². The highest BCUT2D eigenvalue weighted by atomic mass is 28.4. The third kappa shape index (κ3) is 6.21. The molecule has 0 aliphatic carbocycles. The van der Waals surface area contributed by atoms with Crippen LogP contribution in [0.2, 0.25) is 18.1 Å². The summed E-state index contributed by atoms with van der Waals surface area (Å²) in [5, 5.41) is 3.83. The second-order valence-electron chi connectivity index (χ2n) is 12.0. The van der Waals surface area contributed by atoms with Crippen molar-refractivity contribution >= 4 is 20.2 Å². The first-order chi connectivity index (χ1) is 15.9. The molecule has 5 atom stereocenters. The van der Waals surface area contributed by atoms with Crippen molar-refractivity contribution in [2.45, 2.75) is 128 Å². The number of aliphatic imine (C=N–C) groups is 1. The standard InChI is InChI=1S/C27H47N3O3Si/c1-9-17-32-25(31)24-22(29-26-28-19(2)18-21-15-16-23(24)30(21)26)14-12-10-11-13-20(3)33-34(7,8)27(4,5)6/h9,19-21,23H,1,10-18H2,2-8H3,(H,28,29)/p+1/t19-,20+,21+,23-/m0/s1. The second-order valence-corrected chi connectivity index (χ2v) is 16.8. The first kappa shape index (κ1) is 27.1. The lowest BCUT2D eigenvalue weighted by Gasteiger charge is -2.38. The summed E-state index contributed by atoms with van der Waals surface area (Å²) in [6, 6.07) is 1.06. The second kappa shape index (κ2) is 11.1. The lowest BCUT2D eigenvalue weighted by Crippen LogP contribution is -3.22. The average Bonchev–Trinajstić information content (AvgIpc) is 3.14. The third-order valence-corrected chi connectivity index (χ3v) is 12.8. The fourth-order valence-electron chi connectivity index (χ4n) is 5.47. The molecule has 0 aromatic heterocycles. The minimum absolute atomic E-state index is 0.169. The van der Waals surface area contributed by atoms with Gasteiger partial charge in [0.05, 0.1) is 12.1 Å². The maximum Gasteiger partial charge on any atom is 0.342 e. The van der Waals surface area contributed by atoms with Gasteiger partial charge in [-0.15, -0.1) is 0 Å². The monoisotopic (exact) mass is 490 g/mol. The highest BCUT2D eigenvalue weighted by molar-refractivity contribution is 6.74. The first-order valence-electron chi connectivity index (χ1n) is 13.4. The number of ether oxygens (including phenoxy) is 1. The van der Waals surface area contributed by atoms with E-state index in [4.69, 9.17) is 14.2 Å². The molecule has 7 heteroatoms. The summed E-state index contributed by atoms with van der Waals surface area (Å²) in [6.07, 6.45) is 10.4. The molecule has 0 amide bonds. The molecule has 6 nitrogen and oxygen atoms in total. The number of unbranched alkanes of at least 4 members (excludes halogenated alkanes) is 2. The fraction of sp³-hybridized carbons (Fsp3) is 0.778. The van der Waals surface area contributed by atoms with Crippen LogP contribution >= 0.6 is 0 Å². The number of carbonyl (C=O) groups is 1. The predicted molar refractivity (Wildman–Crippen MR) is 141 cm³/mol. The van der Waals surface area contributed by atoms with Gasteiger partial charge in [-0.05, 0) is 51.2 Å². The first-order valence-corrected chi connectivity index (χ1v) is 16.3. The lowest BCUT2D eigenvalue weighted by molar-refractivity contribution is -0.846. The van der Waals surface area contributed by atoms with Gasteiger partial charge in [-0.2, -0.15) is 0 Å². The van der Waals surface area contributed by atoms with Crippen LogP contribution in [0, 0.1) is 0 Å². The predicted octanol–water partition coefficient (Wildman–Crippen LogP) is 4.50. The van der Waals surface area contributed by atoms with E-state index < -0.39 is 8.32 Å². The van der Waals surface area contributed by atoms with Gasteiger partial charge < -0.3 is 9.16 Å². The van der Waals surface area contributed by atoms with Crippen molar-refractivity contribution in [3.63, 3.8) is 0 Å². The van der Waals surface area contributed by atoms with E-state index in [0.717, 1.165) is 68.6 Å². The van der Waals surface area contributed by atoms with Crippen molar-refractivity contribution in [1.29, 1.82) is 0 Å². The molecule has 192 valence electrons. The SMILES string of the molecule is C=CCOC(=O)C1=C(CCCCC[C@@H](C)O[Si](C)(C)C(C)(C)C)NC2=N[C@@H](C)C[C@H]3CC[C@@H]1[NH+]23. The van der Waals surface area contributed by atoms with Crippen LogP contribution in [0.15, 0.2) is 28.9 Å². The number of nitrogens with zero attached hydrogens (tertiary/aromatic N) is 1. The number of guanidine groups is 1. The summed E-state index contributed by atoms with van der Waals surface area (Å²) >= 11 is 0. The van der Waals surface area contributed by atoms with Crippen LogP contribution in [0.1, 0.15) is 86.0 Å². The molecular weight excluding hydrogens is 442 g/mol. The molecule has 1 saturated heterocycles. The molecule has 3 aliphatic rings.